The van der Waals surface area contributed by atoms with Gasteiger partial charge in [0.15, 0.2) is 0 Å². The van der Waals surface area contributed by atoms with Crippen LogP contribution in [0.3, 0.4) is 0 Å². The highest BCUT2D eigenvalue weighted by atomic mass is 16.6. The van der Waals surface area contributed by atoms with Crippen LogP contribution in [0.25, 0.3) is 0 Å². The molecule has 1 aromatic heterocycles. The number of rotatable bonds is 4. The van der Waals surface area contributed by atoms with E-state index in [2.05, 4.69) is 16.9 Å². The highest BCUT2D eigenvalue weighted by Gasteiger charge is 2.21. The second-order valence-electron chi connectivity index (χ2n) is 4.62. The maximum Gasteiger partial charge on any atom is 0.294 e. The van der Waals surface area contributed by atoms with Gasteiger partial charge in [-0.15, -0.1) is 0 Å². The Hall–Kier alpha value is -1.69. The summed E-state index contributed by atoms with van der Waals surface area (Å²) < 4.78 is 5.60. The minimum Gasteiger partial charge on any atom is -0.490 e. The van der Waals surface area contributed by atoms with Crippen molar-refractivity contribution in [2.45, 2.75) is 25.8 Å². The average molecular weight is 251 g/mol. The maximum atomic E-state index is 10.8. The fourth-order valence-electron chi connectivity index (χ4n) is 2.15. The number of hydrogen-bond donors (Lipinski definition) is 0. The lowest BCUT2D eigenvalue weighted by atomic mass is 10.2. The monoisotopic (exact) mass is 251 g/mol. The van der Waals surface area contributed by atoms with Crippen LogP contribution >= 0.6 is 0 Å². The van der Waals surface area contributed by atoms with E-state index in [1.54, 1.807) is 6.92 Å². The van der Waals surface area contributed by atoms with Crippen LogP contribution < -0.4 is 4.74 Å². The summed E-state index contributed by atoms with van der Waals surface area (Å²) in [6.07, 6.45) is 3.83. The lowest BCUT2D eigenvalue weighted by Gasteiger charge is -2.19. The number of ether oxygens (including phenoxy) is 1. The average Bonchev–Trinajstić information content (AvgIpc) is 2.73. The molecule has 1 aliphatic heterocycles. The van der Waals surface area contributed by atoms with E-state index in [0.717, 1.165) is 13.0 Å². The highest BCUT2D eigenvalue weighted by molar-refractivity contribution is 5.40. The molecule has 6 heteroatoms. The molecule has 0 saturated carbocycles. The number of aryl methyl sites for hydroxylation is 1. The number of nitrogens with zero attached hydrogens (tertiary/aromatic N) is 3. The van der Waals surface area contributed by atoms with Crippen molar-refractivity contribution in [3.63, 3.8) is 0 Å². The zero-order valence-electron chi connectivity index (χ0n) is 10.6. The van der Waals surface area contributed by atoms with Gasteiger partial charge in [0.05, 0.1) is 17.2 Å². The van der Waals surface area contributed by atoms with Crippen molar-refractivity contribution >= 4 is 5.69 Å². The third kappa shape index (κ3) is 2.76. The molecule has 0 N–H and O–H groups in total. The van der Waals surface area contributed by atoms with Crippen molar-refractivity contribution in [1.29, 1.82) is 0 Å². The lowest BCUT2D eigenvalue weighted by molar-refractivity contribution is -0.385. The third-order valence-electron chi connectivity index (χ3n) is 3.35. The van der Waals surface area contributed by atoms with Gasteiger partial charge in [0, 0.05) is 6.04 Å². The molecule has 0 bridgehead atoms. The largest absolute Gasteiger partial charge is 0.490 e. The Labute approximate surface area is 106 Å². The Morgan fingerprint density at radius 3 is 3.06 bits per heavy atom. The Morgan fingerprint density at radius 2 is 2.44 bits per heavy atom. The number of likely N-dealkylation sites (N-methyl/N-ethyl adjacent to an activating group) is 1. The Bertz CT molecular complexity index is 450. The zero-order valence-corrected chi connectivity index (χ0v) is 10.6. The molecule has 2 heterocycles. The first-order valence-electron chi connectivity index (χ1n) is 6.02. The van der Waals surface area contributed by atoms with Gasteiger partial charge in [-0.2, -0.15) is 0 Å². The third-order valence-corrected chi connectivity index (χ3v) is 3.35. The molecule has 0 unspecified atom stereocenters. The van der Waals surface area contributed by atoms with Crippen molar-refractivity contribution in [3.8, 4) is 5.75 Å². The molecule has 1 fully saturated rings. The van der Waals surface area contributed by atoms with Gasteiger partial charge in [-0.25, -0.2) is 0 Å². The van der Waals surface area contributed by atoms with Crippen LogP contribution in [-0.4, -0.2) is 41.0 Å². The molecule has 0 spiro atoms. The molecule has 0 aromatic carbocycles. The predicted molar refractivity (Wildman–Crippen MR) is 66.8 cm³/mol. The van der Waals surface area contributed by atoms with Gasteiger partial charge in [-0.05, 0) is 33.4 Å². The molecule has 98 valence electrons. The van der Waals surface area contributed by atoms with Crippen molar-refractivity contribution in [2.24, 2.45) is 0 Å². The molecule has 0 aliphatic carbocycles. The SMILES string of the molecule is Cc1ncc(OC[C@H]2CCCN2C)cc1[N+](=O)[O-]. The van der Waals surface area contributed by atoms with Gasteiger partial charge in [-0.1, -0.05) is 0 Å². The standard InChI is InChI=1S/C12H17N3O3/c1-9-12(15(16)17)6-11(7-13-9)18-8-10-4-3-5-14(10)2/h6-7,10H,3-5,8H2,1-2H3/t10-/m1/s1. The normalized spacial score (nSPS) is 20.0. The van der Waals surface area contributed by atoms with Gasteiger partial charge in [0.25, 0.3) is 5.69 Å². The van der Waals surface area contributed by atoms with Crippen LogP contribution in [0.1, 0.15) is 18.5 Å². The fraction of sp³-hybridized carbons (Fsp3) is 0.583. The molecule has 18 heavy (non-hydrogen) atoms. The summed E-state index contributed by atoms with van der Waals surface area (Å²) in [5.74, 6) is 0.465. The number of aromatic nitrogens is 1. The van der Waals surface area contributed by atoms with Crippen LogP contribution in [-0.2, 0) is 0 Å². The summed E-state index contributed by atoms with van der Waals surface area (Å²) in [5, 5.41) is 10.8. The van der Waals surface area contributed by atoms with E-state index in [9.17, 15) is 10.1 Å². The number of hydrogen-bond acceptors (Lipinski definition) is 5. The maximum absolute atomic E-state index is 10.8. The van der Waals surface area contributed by atoms with E-state index in [1.807, 2.05) is 0 Å². The summed E-state index contributed by atoms with van der Waals surface area (Å²) in [5.41, 5.74) is 0.414. The lowest BCUT2D eigenvalue weighted by Crippen LogP contribution is -2.30. The first-order chi connectivity index (χ1) is 8.58. The van der Waals surface area contributed by atoms with Gasteiger partial charge in [0.1, 0.15) is 18.1 Å². The molecule has 1 atom stereocenters. The van der Waals surface area contributed by atoms with Crippen LogP contribution in [0.2, 0.25) is 0 Å². The van der Waals surface area contributed by atoms with Crippen LogP contribution in [0, 0.1) is 17.0 Å². The molecule has 0 radical (unpaired) electrons. The molecule has 1 saturated heterocycles. The summed E-state index contributed by atoms with van der Waals surface area (Å²) >= 11 is 0. The van der Waals surface area contributed by atoms with E-state index in [0.29, 0.717) is 24.1 Å². The zero-order chi connectivity index (χ0) is 13.1. The van der Waals surface area contributed by atoms with Crippen LogP contribution in [0.15, 0.2) is 12.3 Å². The van der Waals surface area contributed by atoms with Crippen molar-refractivity contribution in [3.05, 3.63) is 28.1 Å². The summed E-state index contributed by atoms with van der Waals surface area (Å²) in [6.45, 7) is 3.26. The van der Waals surface area contributed by atoms with Gasteiger partial charge in [0.2, 0.25) is 0 Å². The summed E-state index contributed by atoms with van der Waals surface area (Å²) in [4.78, 5) is 16.6. The fourth-order valence-corrected chi connectivity index (χ4v) is 2.15. The molecule has 1 aromatic rings. The minimum atomic E-state index is -0.434. The van der Waals surface area contributed by atoms with E-state index < -0.39 is 4.92 Å². The Morgan fingerprint density at radius 1 is 1.67 bits per heavy atom. The molecule has 2 rings (SSSR count). The minimum absolute atomic E-state index is 0.00674. The second-order valence-corrected chi connectivity index (χ2v) is 4.62. The number of nitro groups is 1. The second kappa shape index (κ2) is 5.30. The van der Waals surface area contributed by atoms with E-state index in [4.69, 9.17) is 4.74 Å². The van der Waals surface area contributed by atoms with Crippen LogP contribution in [0.4, 0.5) is 5.69 Å². The summed E-state index contributed by atoms with van der Waals surface area (Å²) in [7, 11) is 2.07. The molecule has 6 nitrogen and oxygen atoms in total. The molecule has 0 amide bonds. The van der Waals surface area contributed by atoms with E-state index in [-0.39, 0.29) is 5.69 Å². The van der Waals surface area contributed by atoms with Gasteiger partial charge in [-0.3, -0.25) is 15.1 Å². The predicted octanol–water partition coefficient (Wildman–Crippen LogP) is 1.77. The van der Waals surface area contributed by atoms with Gasteiger partial charge >= 0.3 is 0 Å². The smallest absolute Gasteiger partial charge is 0.294 e. The van der Waals surface area contributed by atoms with Crippen molar-refractivity contribution in [2.75, 3.05) is 20.2 Å². The van der Waals surface area contributed by atoms with Crippen molar-refractivity contribution in [1.82, 2.24) is 9.88 Å². The Kier molecular flexibility index (Phi) is 3.76. The molecular weight excluding hydrogens is 234 g/mol. The first-order valence-corrected chi connectivity index (χ1v) is 6.02. The van der Waals surface area contributed by atoms with Crippen molar-refractivity contribution < 1.29 is 9.66 Å². The van der Waals surface area contributed by atoms with E-state index >= 15 is 0 Å². The molecule has 1 aliphatic rings. The summed E-state index contributed by atoms with van der Waals surface area (Å²) in [6, 6.07) is 1.84. The molecular formula is C12H17N3O3. The quantitative estimate of drug-likeness (QED) is 0.602. The Balaban J connectivity index is 2.01. The first kappa shape index (κ1) is 12.8. The highest BCUT2D eigenvalue weighted by Crippen LogP contribution is 2.23. The number of likely N-dealkylation sites (tertiary alicyclic amines) is 1. The topological polar surface area (TPSA) is 68.5 Å². The van der Waals surface area contributed by atoms with Gasteiger partial charge < -0.3 is 9.64 Å². The number of pyridine rings is 1. The van der Waals surface area contributed by atoms with E-state index in [1.165, 1.54) is 18.7 Å². The van der Waals surface area contributed by atoms with Crippen LogP contribution in [0.5, 0.6) is 5.75 Å².